The molecule has 0 aliphatic rings. The molecule has 0 unspecified atom stereocenters. The van der Waals surface area contributed by atoms with E-state index in [-0.39, 0.29) is 6.54 Å². The molecule has 0 atom stereocenters. The predicted octanol–water partition coefficient (Wildman–Crippen LogP) is 1.89. The highest BCUT2D eigenvalue weighted by atomic mass is 16.1. The number of nitriles is 1. The summed E-state index contributed by atoms with van der Waals surface area (Å²) in [5.74, 6) is 0. The summed E-state index contributed by atoms with van der Waals surface area (Å²) in [6, 6.07) is 9.30. The van der Waals surface area contributed by atoms with Crippen LogP contribution in [-0.2, 0) is 6.54 Å². The largest absolute Gasteiger partial charge is 0.298 e. The molecule has 1 aromatic carbocycles. The van der Waals surface area contributed by atoms with Crippen molar-refractivity contribution in [2.75, 3.05) is 0 Å². The van der Waals surface area contributed by atoms with E-state index in [0.717, 1.165) is 17.4 Å². The molecule has 0 bridgehead atoms. The Morgan fingerprint density at radius 1 is 1.44 bits per heavy atom. The van der Waals surface area contributed by atoms with E-state index >= 15 is 0 Å². The number of aromatic nitrogens is 2. The van der Waals surface area contributed by atoms with Crippen molar-refractivity contribution in [3.05, 3.63) is 42.2 Å². The molecular formula is C12H9N3O. The van der Waals surface area contributed by atoms with E-state index in [1.807, 2.05) is 24.3 Å². The van der Waals surface area contributed by atoms with E-state index < -0.39 is 0 Å². The van der Waals surface area contributed by atoms with Crippen LogP contribution < -0.4 is 0 Å². The molecule has 0 fully saturated rings. The fourth-order valence-electron chi connectivity index (χ4n) is 1.52. The maximum Gasteiger partial charge on any atom is 0.150 e. The molecule has 2 aromatic rings. The maximum atomic E-state index is 10.9. The standard InChI is InChI=1S/C12H9N3O/c13-5-6-15-8-11(7-14-15)12-4-2-1-3-10(12)9-16/h1-4,7-9H,6H2. The lowest BCUT2D eigenvalue weighted by Gasteiger charge is -1.99. The molecule has 0 spiro atoms. The summed E-state index contributed by atoms with van der Waals surface area (Å²) < 4.78 is 1.54. The van der Waals surface area contributed by atoms with Crippen LogP contribution in [0.15, 0.2) is 36.7 Å². The molecule has 0 aliphatic carbocycles. The third kappa shape index (κ3) is 1.84. The molecule has 0 amide bonds. The Bertz CT molecular complexity index is 551. The van der Waals surface area contributed by atoms with Crippen molar-refractivity contribution in [3.8, 4) is 17.2 Å². The highest BCUT2D eigenvalue weighted by molar-refractivity contribution is 5.87. The Morgan fingerprint density at radius 2 is 2.25 bits per heavy atom. The van der Waals surface area contributed by atoms with Gasteiger partial charge in [0.15, 0.2) is 6.29 Å². The van der Waals surface area contributed by atoms with Crippen LogP contribution in [0.25, 0.3) is 11.1 Å². The molecule has 0 radical (unpaired) electrons. The van der Waals surface area contributed by atoms with E-state index in [0.29, 0.717) is 5.56 Å². The van der Waals surface area contributed by atoms with Gasteiger partial charge in [-0.3, -0.25) is 9.48 Å². The average Bonchev–Trinajstić information content (AvgIpc) is 2.78. The van der Waals surface area contributed by atoms with Gasteiger partial charge in [0.25, 0.3) is 0 Å². The van der Waals surface area contributed by atoms with E-state index in [4.69, 9.17) is 5.26 Å². The van der Waals surface area contributed by atoms with Gasteiger partial charge in [0.05, 0.1) is 12.3 Å². The highest BCUT2D eigenvalue weighted by Gasteiger charge is 2.05. The first-order valence-corrected chi connectivity index (χ1v) is 4.79. The van der Waals surface area contributed by atoms with Crippen LogP contribution in [0, 0.1) is 11.3 Å². The molecule has 1 heterocycles. The van der Waals surface area contributed by atoms with Gasteiger partial charge >= 0.3 is 0 Å². The third-order valence-electron chi connectivity index (χ3n) is 2.26. The summed E-state index contributed by atoms with van der Waals surface area (Å²) in [4.78, 5) is 10.9. The molecule has 0 saturated carbocycles. The van der Waals surface area contributed by atoms with Crippen LogP contribution in [0.4, 0.5) is 0 Å². The van der Waals surface area contributed by atoms with Gasteiger partial charge in [-0.2, -0.15) is 10.4 Å². The number of carbonyl (C=O) groups excluding carboxylic acids is 1. The Kier molecular flexibility index (Phi) is 2.79. The zero-order valence-corrected chi connectivity index (χ0v) is 8.50. The van der Waals surface area contributed by atoms with Gasteiger partial charge in [-0.15, -0.1) is 0 Å². The molecule has 2 rings (SSSR count). The molecule has 0 N–H and O–H groups in total. The Morgan fingerprint density at radius 3 is 3.00 bits per heavy atom. The van der Waals surface area contributed by atoms with Crippen LogP contribution in [0.3, 0.4) is 0 Å². The van der Waals surface area contributed by atoms with Crippen molar-refractivity contribution in [1.82, 2.24) is 9.78 Å². The van der Waals surface area contributed by atoms with Gasteiger partial charge in [0.1, 0.15) is 6.54 Å². The zero-order chi connectivity index (χ0) is 11.4. The second-order valence-corrected chi connectivity index (χ2v) is 3.29. The molecular weight excluding hydrogens is 202 g/mol. The van der Waals surface area contributed by atoms with Crippen molar-refractivity contribution in [1.29, 1.82) is 5.26 Å². The summed E-state index contributed by atoms with van der Waals surface area (Å²) in [6.07, 6.45) is 4.22. The van der Waals surface area contributed by atoms with Gasteiger partial charge in [-0.1, -0.05) is 24.3 Å². The predicted molar refractivity (Wildman–Crippen MR) is 58.7 cm³/mol. The minimum Gasteiger partial charge on any atom is -0.298 e. The van der Waals surface area contributed by atoms with Gasteiger partial charge in [0.2, 0.25) is 0 Å². The SMILES string of the molecule is N#CCn1cc(-c2ccccc2C=O)cn1. The second kappa shape index (κ2) is 4.41. The summed E-state index contributed by atoms with van der Waals surface area (Å²) in [6.45, 7) is 0.212. The molecule has 4 heteroatoms. The second-order valence-electron chi connectivity index (χ2n) is 3.29. The van der Waals surface area contributed by atoms with E-state index in [1.165, 1.54) is 4.68 Å². The molecule has 4 nitrogen and oxygen atoms in total. The minimum absolute atomic E-state index is 0.212. The van der Waals surface area contributed by atoms with Gasteiger partial charge in [-0.25, -0.2) is 0 Å². The Labute approximate surface area is 92.7 Å². The van der Waals surface area contributed by atoms with Crippen molar-refractivity contribution in [2.45, 2.75) is 6.54 Å². The first-order valence-electron chi connectivity index (χ1n) is 4.79. The van der Waals surface area contributed by atoms with Crippen LogP contribution in [0.5, 0.6) is 0 Å². The lowest BCUT2D eigenvalue weighted by molar-refractivity contribution is 0.112. The minimum atomic E-state index is 0.212. The number of nitrogens with zero attached hydrogens (tertiary/aromatic N) is 3. The fraction of sp³-hybridized carbons (Fsp3) is 0.0833. The molecule has 1 aromatic heterocycles. The molecule has 16 heavy (non-hydrogen) atoms. The molecule has 78 valence electrons. The van der Waals surface area contributed by atoms with Gasteiger partial charge in [0, 0.05) is 17.3 Å². The van der Waals surface area contributed by atoms with Crippen LogP contribution >= 0.6 is 0 Å². The average molecular weight is 211 g/mol. The monoisotopic (exact) mass is 211 g/mol. The van der Waals surface area contributed by atoms with Crippen LogP contribution in [0.2, 0.25) is 0 Å². The first kappa shape index (κ1) is 10.1. The molecule has 0 aliphatic heterocycles. The molecule has 0 saturated heterocycles. The summed E-state index contributed by atoms with van der Waals surface area (Å²) in [5, 5.41) is 12.6. The van der Waals surface area contributed by atoms with E-state index in [2.05, 4.69) is 5.10 Å². The number of hydrogen-bond acceptors (Lipinski definition) is 3. The fourth-order valence-corrected chi connectivity index (χ4v) is 1.52. The summed E-state index contributed by atoms with van der Waals surface area (Å²) >= 11 is 0. The van der Waals surface area contributed by atoms with Crippen molar-refractivity contribution in [2.24, 2.45) is 0 Å². The summed E-state index contributed by atoms with van der Waals surface area (Å²) in [5.41, 5.74) is 2.30. The lowest BCUT2D eigenvalue weighted by atomic mass is 10.0. The number of rotatable bonds is 3. The van der Waals surface area contributed by atoms with E-state index in [1.54, 1.807) is 18.5 Å². The van der Waals surface area contributed by atoms with Gasteiger partial charge < -0.3 is 0 Å². The number of hydrogen-bond donors (Lipinski definition) is 0. The highest BCUT2D eigenvalue weighted by Crippen LogP contribution is 2.21. The number of carbonyl (C=O) groups is 1. The van der Waals surface area contributed by atoms with Gasteiger partial charge in [-0.05, 0) is 5.56 Å². The quantitative estimate of drug-likeness (QED) is 0.728. The Hall–Kier alpha value is -2.41. The Balaban J connectivity index is 2.43. The topological polar surface area (TPSA) is 58.7 Å². The van der Waals surface area contributed by atoms with Crippen molar-refractivity contribution in [3.63, 3.8) is 0 Å². The lowest BCUT2D eigenvalue weighted by Crippen LogP contribution is -1.94. The van der Waals surface area contributed by atoms with E-state index in [9.17, 15) is 4.79 Å². The van der Waals surface area contributed by atoms with Crippen LogP contribution in [0.1, 0.15) is 10.4 Å². The normalized spacial score (nSPS) is 9.69. The van der Waals surface area contributed by atoms with Crippen molar-refractivity contribution >= 4 is 6.29 Å². The number of benzene rings is 1. The van der Waals surface area contributed by atoms with Crippen molar-refractivity contribution < 1.29 is 4.79 Å². The third-order valence-corrected chi connectivity index (χ3v) is 2.26. The summed E-state index contributed by atoms with van der Waals surface area (Å²) in [7, 11) is 0. The maximum absolute atomic E-state index is 10.9. The number of aldehydes is 1. The van der Waals surface area contributed by atoms with Crippen LogP contribution in [-0.4, -0.2) is 16.1 Å². The first-order chi connectivity index (χ1) is 7.85. The zero-order valence-electron chi connectivity index (χ0n) is 8.50. The smallest absolute Gasteiger partial charge is 0.150 e.